The quantitative estimate of drug-likeness (QED) is 0.517. The minimum atomic E-state index is 0.378. The summed E-state index contributed by atoms with van der Waals surface area (Å²) in [5, 5.41) is 7.04. The van der Waals surface area contributed by atoms with Gasteiger partial charge in [0, 0.05) is 5.54 Å². The van der Waals surface area contributed by atoms with Crippen LogP contribution in [-0.2, 0) is 0 Å². The van der Waals surface area contributed by atoms with Crippen molar-refractivity contribution in [3.8, 4) is 0 Å². The van der Waals surface area contributed by atoms with Crippen LogP contribution in [0.3, 0.4) is 0 Å². The summed E-state index contributed by atoms with van der Waals surface area (Å²) in [7, 11) is 0. The molecule has 58 valence electrons. The highest BCUT2D eigenvalue weighted by molar-refractivity contribution is 4.98. The first-order valence-corrected chi connectivity index (χ1v) is 4.18. The number of rotatable bonds is 0. The fraction of sp³-hybridized carbons (Fsp3) is 1.00. The number of hydrogen-bond donors (Lipinski definition) is 2. The van der Waals surface area contributed by atoms with Crippen molar-refractivity contribution in [2.45, 2.75) is 38.4 Å². The van der Waals surface area contributed by atoms with Crippen molar-refractivity contribution >= 4 is 0 Å². The number of hydrogen-bond acceptors (Lipinski definition) is 2. The molecule has 2 saturated heterocycles. The van der Waals surface area contributed by atoms with Crippen molar-refractivity contribution in [2.75, 3.05) is 6.54 Å². The van der Waals surface area contributed by atoms with Gasteiger partial charge < -0.3 is 5.32 Å². The van der Waals surface area contributed by atoms with Crippen LogP contribution in [0.4, 0.5) is 0 Å². The van der Waals surface area contributed by atoms with Gasteiger partial charge in [0.25, 0.3) is 0 Å². The molecule has 0 aromatic heterocycles. The molecule has 0 saturated carbocycles. The van der Waals surface area contributed by atoms with E-state index in [1.165, 1.54) is 19.4 Å². The molecule has 2 heterocycles. The molecular weight excluding hydrogens is 124 g/mol. The Kier molecular flexibility index (Phi) is 1.29. The molecule has 2 N–H and O–H groups in total. The summed E-state index contributed by atoms with van der Waals surface area (Å²) in [5.41, 5.74) is 0.378. The highest BCUT2D eigenvalue weighted by atomic mass is 15.2. The van der Waals surface area contributed by atoms with E-state index in [2.05, 4.69) is 24.5 Å². The summed E-state index contributed by atoms with van der Waals surface area (Å²) < 4.78 is 0. The second-order valence-corrected chi connectivity index (χ2v) is 4.21. The second kappa shape index (κ2) is 1.95. The second-order valence-electron chi connectivity index (χ2n) is 4.21. The summed E-state index contributed by atoms with van der Waals surface area (Å²) in [6.45, 7) is 5.78. The standard InChI is InChI=1S/C8H16N2/c1-8(2)5-6-3-4-9-7(6)10-8/h6-7,9-10H,3-5H2,1-2H3. The average molecular weight is 140 g/mol. The van der Waals surface area contributed by atoms with Crippen LogP contribution in [0.5, 0.6) is 0 Å². The summed E-state index contributed by atoms with van der Waals surface area (Å²) in [5.74, 6) is 0.898. The van der Waals surface area contributed by atoms with Gasteiger partial charge in [-0.15, -0.1) is 0 Å². The topological polar surface area (TPSA) is 24.1 Å². The summed E-state index contributed by atoms with van der Waals surface area (Å²) in [6, 6.07) is 0. The zero-order valence-corrected chi connectivity index (χ0v) is 6.78. The van der Waals surface area contributed by atoms with Crippen LogP contribution in [0.15, 0.2) is 0 Å². The molecule has 0 radical (unpaired) electrons. The molecule has 0 aliphatic carbocycles. The lowest BCUT2D eigenvalue weighted by molar-refractivity contribution is 0.404. The van der Waals surface area contributed by atoms with Crippen LogP contribution in [0, 0.1) is 5.92 Å². The van der Waals surface area contributed by atoms with Crippen LogP contribution >= 0.6 is 0 Å². The Hall–Kier alpha value is -0.0800. The molecule has 0 amide bonds. The molecular formula is C8H16N2. The number of fused-ring (bicyclic) bond motifs is 1. The highest BCUT2D eigenvalue weighted by Gasteiger charge is 2.40. The Balaban J connectivity index is 2.07. The van der Waals surface area contributed by atoms with Gasteiger partial charge in [-0.1, -0.05) is 0 Å². The molecule has 2 aliphatic heterocycles. The van der Waals surface area contributed by atoms with Gasteiger partial charge in [0.05, 0.1) is 6.17 Å². The third-order valence-electron chi connectivity index (χ3n) is 2.67. The Morgan fingerprint density at radius 3 is 2.90 bits per heavy atom. The van der Waals surface area contributed by atoms with E-state index in [1.807, 2.05) is 0 Å². The predicted octanol–water partition coefficient (Wildman–Crippen LogP) is 0.694. The van der Waals surface area contributed by atoms with Crippen LogP contribution in [-0.4, -0.2) is 18.2 Å². The lowest BCUT2D eigenvalue weighted by Crippen LogP contribution is -2.43. The normalized spacial score (nSPS) is 43.8. The van der Waals surface area contributed by atoms with E-state index in [1.54, 1.807) is 0 Å². The molecule has 0 bridgehead atoms. The van der Waals surface area contributed by atoms with Gasteiger partial charge in [-0.25, -0.2) is 0 Å². The minimum absolute atomic E-state index is 0.378. The molecule has 2 nitrogen and oxygen atoms in total. The average Bonchev–Trinajstić information content (AvgIpc) is 2.20. The first kappa shape index (κ1) is 6.62. The maximum Gasteiger partial charge on any atom is 0.0605 e. The van der Waals surface area contributed by atoms with Gasteiger partial charge in [-0.05, 0) is 39.2 Å². The monoisotopic (exact) mass is 140 g/mol. The Morgan fingerprint density at radius 1 is 1.40 bits per heavy atom. The summed E-state index contributed by atoms with van der Waals surface area (Å²) in [6.07, 6.45) is 3.32. The van der Waals surface area contributed by atoms with Crippen molar-refractivity contribution in [2.24, 2.45) is 5.92 Å². The van der Waals surface area contributed by atoms with Crippen LogP contribution < -0.4 is 10.6 Å². The largest absolute Gasteiger partial charge is 0.302 e. The lowest BCUT2D eigenvalue weighted by Gasteiger charge is -2.19. The predicted molar refractivity (Wildman–Crippen MR) is 41.7 cm³/mol. The van der Waals surface area contributed by atoms with E-state index in [0.29, 0.717) is 11.7 Å². The summed E-state index contributed by atoms with van der Waals surface area (Å²) >= 11 is 0. The van der Waals surface area contributed by atoms with Crippen molar-refractivity contribution in [3.05, 3.63) is 0 Å². The van der Waals surface area contributed by atoms with Gasteiger partial charge in [-0.2, -0.15) is 0 Å². The fourth-order valence-electron chi connectivity index (χ4n) is 2.28. The maximum atomic E-state index is 3.58. The molecule has 0 aromatic carbocycles. The van der Waals surface area contributed by atoms with Gasteiger partial charge >= 0.3 is 0 Å². The van der Waals surface area contributed by atoms with Gasteiger partial charge in [0.1, 0.15) is 0 Å². The minimum Gasteiger partial charge on any atom is -0.302 e. The smallest absolute Gasteiger partial charge is 0.0605 e. The Labute approximate surface area is 62.4 Å². The van der Waals surface area contributed by atoms with E-state index in [-0.39, 0.29) is 0 Å². The van der Waals surface area contributed by atoms with E-state index in [4.69, 9.17) is 0 Å². The lowest BCUT2D eigenvalue weighted by atomic mass is 9.95. The van der Waals surface area contributed by atoms with E-state index in [9.17, 15) is 0 Å². The van der Waals surface area contributed by atoms with E-state index < -0.39 is 0 Å². The molecule has 2 rings (SSSR count). The summed E-state index contributed by atoms with van der Waals surface area (Å²) in [4.78, 5) is 0. The van der Waals surface area contributed by atoms with E-state index in [0.717, 1.165) is 5.92 Å². The molecule has 2 heteroatoms. The molecule has 2 atom stereocenters. The van der Waals surface area contributed by atoms with Crippen molar-refractivity contribution in [3.63, 3.8) is 0 Å². The van der Waals surface area contributed by atoms with E-state index >= 15 is 0 Å². The van der Waals surface area contributed by atoms with Gasteiger partial charge in [0.2, 0.25) is 0 Å². The molecule has 0 spiro atoms. The SMILES string of the molecule is CC1(C)CC2CCNC2N1. The fourth-order valence-corrected chi connectivity index (χ4v) is 2.28. The molecule has 0 aromatic rings. The molecule has 2 aliphatic rings. The Morgan fingerprint density at radius 2 is 2.20 bits per heavy atom. The van der Waals surface area contributed by atoms with Crippen LogP contribution in [0.1, 0.15) is 26.7 Å². The number of nitrogens with one attached hydrogen (secondary N) is 2. The maximum absolute atomic E-state index is 3.58. The zero-order chi connectivity index (χ0) is 7.19. The first-order chi connectivity index (χ1) is 4.67. The van der Waals surface area contributed by atoms with Crippen molar-refractivity contribution < 1.29 is 0 Å². The molecule has 2 unspecified atom stereocenters. The first-order valence-electron chi connectivity index (χ1n) is 4.18. The van der Waals surface area contributed by atoms with Crippen molar-refractivity contribution in [1.82, 2.24) is 10.6 Å². The molecule has 2 fully saturated rings. The van der Waals surface area contributed by atoms with Crippen LogP contribution in [0.2, 0.25) is 0 Å². The molecule has 10 heavy (non-hydrogen) atoms. The van der Waals surface area contributed by atoms with Crippen LogP contribution in [0.25, 0.3) is 0 Å². The Bertz CT molecular complexity index is 128. The third-order valence-corrected chi connectivity index (χ3v) is 2.67. The van der Waals surface area contributed by atoms with Gasteiger partial charge in [-0.3, -0.25) is 5.32 Å². The van der Waals surface area contributed by atoms with Gasteiger partial charge in [0.15, 0.2) is 0 Å². The third kappa shape index (κ3) is 0.956. The zero-order valence-electron chi connectivity index (χ0n) is 6.78. The highest BCUT2D eigenvalue weighted by Crippen LogP contribution is 2.31. The van der Waals surface area contributed by atoms with Crippen molar-refractivity contribution in [1.29, 1.82) is 0 Å².